The number of nitrogens with zero attached hydrogens (tertiary/aromatic N) is 2. The number of amides is 2. The van der Waals surface area contributed by atoms with E-state index in [9.17, 15) is 4.79 Å². The number of hydrogen-bond donors (Lipinski definition) is 0. The molecule has 0 saturated carbocycles. The van der Waals surface area contributed by atoms with Crippen LogP contribution in [0, 0.1) is 0 Å². The van der Waals surface area contributed by atoms with Gasteiger partial charge in [0.05, 0.1) is 3.79 Å². The fourth-order valence-corrected chi connectivity index (χ4v) is 2.40. The molecule has 0 aliphatic rings. The van der Waals surface area contributed by atoms with Crippen LogP contribution in [-0.2, 0) is 6.54 Å². The summed E-state index contributed by atoms with van der Waals surface area (Å²) in [4.78, 5) is 15.1. The summed E-state index contributed by atoms with van der Waals surface area (Å²) >= 11 is 5.04. The maximum absolute atomic E-state index is 11.7. The maximum Gasteiger partial charge on any atom is 0.319 e. The molecule has 1 heterocycles. The molecule has 2 amide bonds. The van der Waals surface area contributed by atoms with Gasteiger partial charge in [-0.15, -0.1) is 11.3 Å². The molecule has 0 spiro atoms. The second-order valence-electron chi connectivity index (χ2n) is 3.41. The van der Waals surface area contributed by atoms with Crippen molar-refractivity contribution in [3.05, 3.63) is 20.8 Å². The second kappa shape index (κ2) is 5.51. The summed E-state index contributed by atoms with van der Waals surface area (Å²) in [6, 6.07) is 2.10. The number of rotatable bonds is 3. The lowest BCUT2D eigenvalue weighted by molar-refractivity contribution is 0.173. The highest BCUT2D eigenvalue weighted by Gasteiger charge is 2.13. The maximum atomic E-state index is 11.7. The SMILES string of the molecule is CCN(C)C(=O)N(C)Cc1csc(Br)c1. The number of carbonyl (C=O) groups is 1. The van der Waals surface area contributed by atoms with E-state index in [4.69, 9.17) is 0 Å². The average Bonchev–Trinajstić information content (AvgIpc) is 2.61. The highest BCUT2D eigenvalue weighted by Crippen LogP contribution is 2.21. The molecule has 0 bridgehead atoms. The lowest BCUT2D eigenvalue weighted by Crippen LogP contribution is -2.38. The largest absolute Gasteiger partial charge is 0.328 e. The monoisotopic (exact) mass is 290 g/mol. The molecule has 15 heavy (non-hydrogen) atoms. The minimum absolute atomic E-state index is 0.0554. The Morgan fingerprint density at radius 3 is 2.60 bits per heavy atom. The van der Waals surface area contributed by atoms with Crippen LogP contribution in [0.3, 0.4) is 0 Å². The summed E-state index contributed by atoms with van der Waals surface area (Å²) in [6.07, 6.45) is 0. The quantitative estimate of drug-likeness (QED) is 0.839. The zero-order chi connectivity index (χ0) is 11.4. The van der Waals surface area contributed by atoms with Gasteiger partial charge in [-0.25, -0.2) is 4.79 Å². The number of carbonyl (C=O) groups excluding carboxylic acids is 1. The van der Waals surface area contributed by atoms with Crippen molar-refractivity contribution in [1.29, 1.82) is 0 Å². The molecule has 0 saturated heterocycles. The van der Waals surface area contributed by atoms with Crippen LogP contribution < -0.4 is 0 Å². The fourth-order valence-electron chi connectivity index (χ4n) is 1.20. The first kappa shape index (κ1) is 12.5. The summed E-state index contributed by atoms with van der Waals surface area (Å²) < 4.78 is 1.10. The highest BCUT2D eigenvalue weighted by atomic mass is 79.9. The minimum atomic E-state index is 0.0554. The van der Waals surface area contributed by atoms with E-state index < -0.39 is 0 Å². The summed E-state index contributed by atoms with van der Waals surface area (Å²) in [7, 11) is 3.63. The summed E-state index contributed by atoms with van der Waals surface area (Å²) in [6.45, 7) is 3.36. The topological polar surface area (TPSA) is 23.6 Å². The first-order valence-corrected chi connectivity index (χ1v) is 6.41. The smallest absolute Gasteiger partial charge is 0.319 e. The molecule has 0 fully saturated rings. The van der Waals surface area contributed by atoms with Crippen LogP contribution in [0.15, 0.2) is 15.2 Å². The van der Waals surface area contributed by atoms with Crippen LogP contribution in [-0.4, -0.2) is 36.5 Å². The third-order valence-electron chi connectivity index (χ3n) is 2.17. The van der Waals surface area contributed by atoms with Crippen molar-refractivity contribution in [2.75, 3.05) is 20.6 Å². The molecular formula is C10H15BrN2OS. The standard InChI is InChI=1S/C10H15BrN2OS/c1-4-12(2)10(14)13(3)6-8-5-9(11)15-7-8/h5,7H,4,6H2,1-3H3. The van der Waals surface area contributed by atoms with Gasteiger partial charge in [-0.1, -0.05) is 0 Å². The van der Waals surface area contributed by atoms with E-state index in [1.807, 2.05) is 27.1 Å². The molecule has 0 aliphatic heterocycles. The Bertz CT molecular complexity index is 340. The van der Waals surface area contributed by atoms with E-state index in [1.54, 1.807) is 21.1 Å². The van der Waals surface area contributed by atoms with Crippen molar-refractivity contribution in [1.82, 2.24) is 9.80 Å². The summed E-state index contributed by atoms with van der Waals surface area (Å²) in [5, 5.41) is 2.06. The molecule has 1 aromatic rings. The van der Waals surface area contributed by atoms with E-state index >= 15 is 0 Å². The van der Waals surface area contributed by atoms with E-state index in [-0.39, 0.29) is 6.03 Å². The van der Waals surface area contributed by atoms with Crippen molar-refractivity contribution >= 4 is 33.3 Å². The Hall–Kier alpha value is -0.550. The van der Waals surface area contributed by atoms with E-state index in [2.05, 4.69) is 21.3 Å². The van der Waals surface area contributed by atoms with Crippen LogP contribution in [0.4, 0.5) is 4.79 Å². The van der Waals surface area contributed by atoms with Gasteiger partial charge in [-0.05, 0) is 39.9 Å². The first-order valence-electron chi connectivity index (χ1n) is 4.73. The van der Waals surface area contributed by atoms with Crippen LogP contribution in [0.25, 0.3) is 0 Å². The Labute approximate surface area is 103 Å². The van der Waals surface area contributed by atoms with Gasteiger partial charge in [0.25, 0.3) is 0 Å². The summed E-state index contributed by atoms with van der Waals surface area (Å²) in [5.41, 5.74) is 1.16. The lowest BCUT2D eigenvalue weighted by Gasteiger charge is -2.23. The number of halogens is 1. The number of hydrogen-bond acceptors (Lipinski definition) is 2. The zero-order valence-electron chi connectivity index (χ0n) is 9.16. The molecule has 84 valence electrons. The first-order chi connectivity index (χ1) is 7.04. The van der Waals surface area contributed by atoms with Gasteiger partial charge in [0.2, 0.25) is 0 Å². The van der Waals surface area contributed by atoms with E-state index in [0.717, 1.165) is 15.9 Å². The molecule has 0 radical (unpaired) electrons. The Balaban J connectivity index is 2.55. The van der Waals surface area contributed by atoms with Gasteiger partial charge >= 0.3 is 6.03 Å². The van der Waals surface area contributed by atoms with Crippen molar-refractivity contribution in [3.8, 4) is 0 Å². The average molecular weight is 291 g/mol. The Kier molecular flexibility index (Phi) is 4.60. The predicted molar refractivity (Wildman–Crippen MR) is 67.2 cm³/mol. The highest BCUT2D eigenvalue weighted by molar-refractivity contribution is 9.11. The van der Waals surface area contributed by atoms with Crippen molar-refractivity contribution < 1.29 is 4.79 Å². The second-order valence-corrected chi connectivity index (χ2v) is 5.70. The molecule has 0 atom stereocenters. The van der Waals surface area contributed by atoms with Crippen LogP contribution in [0.2, 0.25) is 0 Å². The molecule has 1 aromatic heterocycles. The van der Waals surface area contributed by atoms with Crippen molar-refractivity contribution in [2.24, 2.45) is 0 Å². The van der Waals surface area contributed by atoms with Gasteiger partial charge in [0.15, 0.2) is 0 Å². The van der Waals surface area contributed by atoms with Crippen LogP contribution in [0.1, 0.15) is 12.5 Å². The van der Waals surface area contributed by atoms with Gasteiger partial charge in [-0.3, -0.25) is 0 Å². The molecule has 0 unspecified atom stereocenters. The molecule has 0 N–H and O–H groups in total. The van der Waals surface area contributed by atoms with E-state index in [1.165, 1.54) is 0 Å². The van der Waals surface area contributed by atoms with Gasteiger partial charge in [0.1, 0.15) is 0 Å². The molecule has 5 heteroatoms. The predicted octanol–water partition coefficient (Wildman–Crippen LogP) is 3.01. The molecule has 3 nitrogen and oxygen atoms in total. The molecular weight excluding hydrogens is 276 g/mol. The van der Waals surface area contributed by atoms with Crippen molar-refractivity contribution in [3.63, 3.8) is 0 Å². The molecule has 1 rings (SSSR count). The fraction of sp³-hybridized carbons (Fsp3) is 0.500. The van der Waals surface area contributed by atoms with Gasteiger partial charge < -0.3 is 9.80 Å². The zero-order valence-corrected chi connectivity index (χ0v) is 11.6. The lowest BCUT2D eigenvalue weighted by atomic mass is 10.3. The Morgan fingerprint density at radius 1 is 1.47 bits per heavy atom. The molecule has 0 aliphatic carbocycles. The third-order valence-corrected chi connectivity index (χ3v) is 3.72. The van der Waals surface area contributed by atoms with Crippen molar-refractivity contribution in [2.45, 2.75) is 13.5 Å². The van der Waals surface area contributed by atoms with Gasteiger partial charge in [-0.2, -0.15) is 0 Å². The van der Waals surface area contributed by atoms with Crippen LogP contribution >= 0.6 is 27.3 Å². The molecule has 0 aromatic carbocycles. The third kappa shape index (κ3) is 3.50. The van der Waals surface area contributed by atoms with Crippen LogP contribution in [0.5, 0.6) is 0 Å². The number of thiophene rings is 1. The van der Waals surface area contributed by atoms with E-state index in [0.29, 0.717) is 6.54 Å². The minimum Gasteiger partial charge on any atom is -0.328 e. The Morgan fingerprint density at radius 2 is 2.13 bits per heavy atom. The summed E-state index contributed by atoms with van der Waals surface area (Å²) in [5.74, 6) is 0. The number of urea groups is 1. The normalized spacial score (nSPS) is 10.1. The van der Waals surface area contributed by atoms with Gasteiger partial charge in [0, 0.05) is 27.2 Å².